The van der Waals surface area contributed by atoms with Crippen LogP contribution in [0.25, 0.3) is 0 Å². The molecule has 0 aromatic rings. The van der Waals surface area contributed by atoms with Crippen molar-refractivity contribution in [1.29, 1.82) is 0 Å². The van der Waals surface area contributed by atoms with Crippen molar-refractivity contribution < 1.29 is 0 Å². The molecule has 0 spiro atoms. The van der Waals surface area contributed by atoms with E-state index in [1.165, 1.54) is 19.5 Å². The average molecular weight is 226 g/mol. The van der Waals surface area contributed by atoms with Crippen LogP contribution in [0, 0.1) is 17.8 Å². The zero-order valence-corrected chi connectivity index (χ0v) is 12.0. The largest absolute Gasteiger partial charge is 0.312 e. The average Bonchev–Trinajstić information content (AvgIpc) is 2.76. The van der Waals surface area contributed by atoms with Gasteiger partial charge in [0.25, 0.3) is 0 Å². The summed E-state index contributed by atoms with van der Waals surface area (Å²) in [6, 6.07) is 0. The lowest BCUT2D eigenvalue weighted by Crippen LogP contribution is -2.41. The van der Waals surface area contributed by atoms with Crippen molar-refractivity contribution in [3.63, 3.8) is 0 Å². The summed E-state index contributed by atoms with van der Waals surface area (Å²) in [5.41, 5.74) is 0.248. The predicted octanol–water partition coefficient (Wildman–Crippen LogP) is 2.60. The van der Waals surface area contributed by atoms with Crippen LogP contribution in [0.5, 0.6) is 0 Å². The van der Waals surface area contributed by atoms with E-state index in [-0.39, 0.29) is 5.54 Å². The highest BCUT2D eigenvalue weighted by Crippen LogP contribution is 2.37. The van der Waals surface area contributed by atoms with Crippen molar-refractivity contribution in [2.75, 3.05) is 26.7 Å². The molecule has 0 saturated heterocycles. The molecule has 3 unspecified atom stereocenters. The summed E-state index contributed by atoms with van der Waals surface area (Å²) in [6.07, 6.45) is 1.44. The first-order valence-electron chi connectivity index (χ1n) is 6.71. The smallest absolute Gasteiger partial charge is 0.00966 e. The van der Waals surface area contributed by atoms with Crippen LogP contribution in [0.15, 0.2) is 0 Å². The lowest BCUT2D eigenvalue weighted by Gasteiger charge is -2.26. The SMILES string of the molecule is CC(CNC(C)(C)C)CN(C)CC1CC1C. The van der Waals surface area contributed by atoms with E-state index in [2.05, 4.69) is 51.9 Å². The van der Waals surface area contributed by atoms with E-state index in [4.69, 9.17) is 0 Å². The van der Waals surface area contributed by atoms with Crippen LogP contribution in [-0.4, -0.2) is 37.1 Å². The van der Waals surface area contributed by atoms with Crippen LogP contribution >= 0.6 is 0 Å². The van der Waals surface area contributed by atoms with Crippen molar-refractivity contribution >= 4 is 0 Å². The van der Waals surface area contributed by atoms with Crippen molar-refractivity contribution in [2.24, 2.45) is 17.8 Å². The Hall–Kier alpha value is -0.0800. The molecule has 0 aliphatic heterocycles. The Bertz CT molecular complexity index is 207. The fourth-order valence-corrected chi connectivity index (χ4v) is 2.21. The molecule has 1 saturated carbocycles. The Morgan fingerprint density at radius 3 is 2.38 bits per heavy atom. The summed E-state index contributed by atoms with van der Waals surface area (Å²) >= 11 is 0. The highest BCUT2D eigenvalue weighted by molar-refractivity contribution is 4.84. The number of nitrogens with one attached hydrogen (secondary N) is 1. The van der Waals surface area contributed by atoms with Gasteiger partial charge in [0.05, 0.1) is 0 Å². The topological polar surface area (TPSA) is 15.3 Å². The molecule has 1 aliphatic carbocycles. The second kappa shape index (κ2) is 5.50. The summed E-state index contributed by atoms with van der Waals surface area (Å²) in [5.74, 6) is 2.69. The van der Waals surface area contributed by atoms with Gasteiger partial charge in [-0.3, -0.25) is 0 Å². The van der Waals surface area contributed by atoms with Crippen LogP contribution < -0.4 is 5.32 Å². The molecule has 0 radical (unpaired) electrons. The lowest BCUT2D eigenvalue weighted by molar-refractivity contribution is 0.257. The third-order valence-corrected chi connectivity index (χ3v) is 3.43. The summed E-state index contributed by atoms with van der Waals surface area (Å²) < 4.78 is 0. The van der Waals surface area contributed by atoms with E-state index < -0.39 is 0 Å². The molecule has 2 nitrogen and oxygen atoms in total. The molecule has 96 valence electrons. The van der Waals surface area contributed by atoms with Gasteiger partial charge in [-0.1, -0.05) is 13.8 Å². The van der Waals surface area contributed by atoms with Crippen molar-refractivity contribution in [3.8, 4) is 0 Å². The first-order chi connectivity index (χ1) is 7.28. The Labute approximate surface area is 102 Å². The van der Waals surface area contributed by atoms with Gasteiger partial charge >= 0.3 is 0 Å². The summed E-state index contributed by atoms with van der Waals surface area (Å²) in [4.78, 5) is 2.50. The Morgan fingerprint density at radius 1 is 1.38 bits per heavy atom. The van der Waals surface area contributed by atoms with Crippen LogP contribution in [0.2, 0.25) is 0 Å². The van der Waals surface area contributed by atoms with E-state index in [1.807, 2.05) is 0 Å². The maximum atomic E-state index is 3.58. The molecule has 1 N–H and O–H groups in total. The fourth-order valence-electron chi connectivity index (χ4n) is 2.21. The number of rotatable bonds is 6. The van der Waals surface area contributed by atoms with Crippen molar-refractivity contribution in [1.82, 2.24) is 10.2 Å². The van der Waals surface area contributed by atoms with Gasteiger partial charge in [0.15, 0.2) is 0 Å². The zero-order valence-electron chi connectivity index (χ0n) is 12.0. The van der Waals surface area contributed by atoms with E-state index in [1.54, 1.807) is 0 Å². The maximum Gasteiger partial charge on any atom is 0.00966 e. The highest BCUT2D eigenvalue weighted by atomic mass is 15.1. The van der Waals surface area contributed by atoms with Crippen molar-refractivity contribution in [2.45, 2.75) is 46.6 Å². The van der Waals surface area contributed by atoms with Gasteiger partial charge in [0.2, 0.25) is 0 Å². The fraction of sp³-hybridized carbons (Fsp3) is 1.00. The molecule has 0 aromatic carbocycles. The van der Waals surface area contributed by atoms with Crippen LogP contribution in [-0.2, 0) is 0 Å². The van der Waals surface area contributed by atoms with E-state index in [0.717, 1.165) is 24.3 Å². The van der Waals surface area contributed by atoms with Gasteiger partial charge in [-0.25, -0.2) is 0 Å². The minimum Gasteiger partial charge on any atom is -0.312 e. The highest BCUT2D eigenvalue weighted by Gasteiger charge is 2.33. The van der Waals surface area contributed by atoms with Gasteiger partial charge in [-0.2, -0.15) is 0 Å². The minimum atomic E-state index is 0.248. The predicted molar refractivity (Wildman–Crippen MR) is 71.7 cm³/mol. The molecule has 16 heavy (non-hydrogen) atoms. The Kier molecular flexibility index (Phi) is 4.81. The van der Waals surface area contributed by atoms with Crippen LogP contribution in [0.3, 0.4) is 0 Å². The molecule has 1 aliphatic rings. The summed E-state index contributed by atoms with van der Waals surface area (Å²) in [5, 5.41) is 3.58. The third-order valence-electron chi connectivity index (χ3n) is 3.43. The standard InChI is InChI=1S/C14H30N2/c1-11(8-15-14(3,4)5)9-16(6)10-13-7-12(13)2/h11-13,15H,7-10H2,1-6H3. The minimum absolute atomic E-state index is 0.248. The molecule has 1 fully saturated rings. The second-order valence-electron chi connectivity index (χ2n) is 6.93. The number of hydrogen-bond donors (Lipinski definition) is 1. The van der Waals surface area contributed by atoms with Gasteiger partial charge in [0, 0.05) is 18.6 Å². The normalized spacial score (nSPS) is 27.2. The van der Waals surface area contributed by atoms with Gasteiger partial charge < -0.3 is 10.2 Å². The maximum absolute atomic E-state index is 3.58. The first-order valence-corrected chi connectivity index (χ1v) is 6.71. The number of nitrogens with zero attached hydrogens (tertiary/aromatic N) is 1. The third kappa shape index (κ3) is 5.86. The van der Waals surface area contributed by atoms with E-state index >= 15 is 0 Å². The quantitative estimate of drug-likeness (QED) is 0.749. The Balaban J connectivity index is 2.10. The van der Waals surface area contributed by atoms with E-state index in [0.29, 0.717) is 0 Å². The molecule has 3 atom stereocenters. The lowest BCUT2D eigenvalue weighted by atomic mass is 10.1. The van der Waals surface area contributed by atoms with Gasteiger partial charge in [-0.15, -0.1) is 0 Å². The molecular formula is C14H30N2. The van der Waals surface area contributed by atoms with Gasteiger partial charge in [-0.05, 0) is 58.5 Å². The summed E-state index contributed by atoms with van der Waals surface area (Å²) in [7, 11) is 2.26. The summed E-state index contributed by atoms with van der Waals surface area (Å²) in [6.45, 7) is 15.0. The zero-order chi connectivity index (χ0) is 12.3. The molecule has 2 heteroatoms. The van der Waals surface area contributed by atoms with E-state index in [9.17, 15) is 0 Å². The van der Waals surface area contributed by atoms with Crippen LogP contribution in [0.4, 0.5) is 0 Å². The Morgan fingerprint density at radius 2 is 1.94 bits per heavy atom. The number of hydrogen-bond acceptors (Lipinski definition) is 2. The van der Waals surface area contributed by atoms with Gasteiger partial charge in [0.1, 0.15) is 0 Å². The monoisotopic (exact) mass is 226 g/mol. The first kappa shape index (κ1) is 14.0. The molecular weight excluding hydrogens is 196 g/mol. The van der Waals surface area contributed by atoms with Crippen molar-refractivity contribution in [3.05, 3.63) is 0 Å². The molecule has 0 aromatic heterocycles. The molecule has 0 amide bonds. The molecule has 0 heterocycles. The second-order valence-corrected chi connectivity index (χ2v) is 6.93. The molecule has 1 rings (SSSR count). The van der Waals surface area contributed by atoms with Crippen LogP contribution in [0.1, 0.15) is 41.0 Å². The molecule has 0 bridgehead atoms.